The zero-order chi connectivity index (χ0) is 13.5. The van der Waals surface area contributed by atoms with Crippen LogP contribution in [0.5, 0.6) is 0 Å². The maximum absolute atomic E-state index is 11.6. The molecular formula is C14H19NO3. The highest BCUT2D eigenvalue weighted by Crippen LogP contribution is 2.06. The van der Waals surface area contributed by atoms with Gasteiger partial charge in [0.15, 0.2) is 0 Å². The number of rotatable bonds is 6. The van der Waals surface area contributed by atoms with E-state index in [0.29, 0.717) is 6.42 Å². The van der Waals surface area contributed by atoms with Crippen LogP contribution < -0.4 is 5.32 Å². The molecule has 0 saturated heterocycles. The van der Waals surface area contributed by atoms with E-state index in [4.69, 9.17) is 5.11 Å². The van der Waals surface area contributed by atoms with E-state index in [-0.39, 0.29) is 12.5 Å². The van der Waals surface area contributed by atoms with Crippen LogP contribution in [0, 0.1) is 5.92 Å². The maximum atomic E-state index is 11.6. The summed E-state index contributed by atoms with van der Waals surface area (Å²) in [4.78, 5) is 22.2. The smallest absolute Gasteiger partial charge is 0.308 e. The Morgan fingerprint density at radius 3 is 2.61 bits per heavy atom. The molecule has 0 aliphatic rings. The van der Waals surface area contributed by atoms with Gasteiger partial charge in [-0.15, -0.1) is 0 Å². The summed E-state index contributed by atoms with van der Waals surface area (Å²) in [5, 5.41) is 11.3. The Balaban J connectivity index is 2.46. The molecule has 0 bridgehead atoms. The second-order valence-corrected chi connectivity index (χ2v) is 4.39. The number of carbonyl (C=O) groups excluding carboxylic acids is 1. The average Bonchev–Trinajstić information content (AvgIpc) is 2.36. The van der Waals surface area contributed by atoms with Gasteiger partial charge in [0, 0.05) is 6.54 Å². The highest BCUT2D eigenvalue weighted by Gasteiger charge is 2.12. The molecule has 4 nitrogen and oxygen atoms in total. The van der Waals surface area contributed by atoms with Crippen molar-refractivity contribution in [1.29, 1.82) is 0 Å². The van der Waals surface area contributed by atoms with E-state index < -0.39 is 11.9 Å². The molecule has 0 fully saturated rings. The monoisotopic (exact) mass is 249 g/mol. The number of carboxylic acid groups (broad SMARTS) is 1. The second kappa shape index (κ2) is 6.79. The molecule has 1 unspecified atom stereocenters. The number of aliphatic carboxylic acids is 1. The Morgan fingerprint density at radius 1 is 1.33 bits per heavy atom. The van der Waals surface area contributed by atoms with Crippen LogP contribution in [-0.4, -0.2) is 23.5 Å². The van der Waals surface area contributed by atoms with Crippen LogP contribution >= 0.6 is 0 Å². The SMILES string of the molecule is CCc1cccc(CC(=O)NCC(C)C(=O)O)c1. The lowest BCUT2D eigenvalue weighted by molar-refractivity contribution is -0.141. The molecule has 98 valence electrons. The molecule has 0 aliphatic heterocycles. The summed E-state index contributed by atoms with van der Waals surface area (Å²) >= 11 is 0. The minimum atomic E-state index is -0.900. The summed E-state index contributed by atoms with van der Waals surface area (Å²) in [5.74, 6) is -1.60. The van der Waals surface area contributed by atoms with Gasteiger partial charge in [-0.3, -0.25) is 9.59 Å². The predicted octanol–water partition coefficient (Wildman–Crippen LogP) is 1.63. The first kappa shape index (κ1) is 14.2. The fraction of sp³-hybridized carbons (Fsp3) is 0.429. The Hall–Kier alpha value is -1.84. The van der Waals surface area contributed by atoms with Crippen molar-refractivity contribution in [3.8, 4) is 0 Å². The quantitative estimate of drug-likeness (QED) is 0.805. The van der Waals surface area contributed by atoms with Crippen LogP contribution in [0.1, 0.15) is 25.0 Å². The molecule has 1 amide bonds. The molecule has 0 spiro atoms. The van der Waals surface area contributed by atoms with Gasteiger partial charge in [-0.05, 0) is 17.5 Å². The Kier molecular flexibility index (Phi) is 5.36. The van der Waals surface area contributed by atoms with Crippen LogP contribution in [0.3, 0.4) is 0 Å². The summed E-state index contributed by atoms with van der Waals surface area (Å²) < 4.78 is 0. The standard InChI is InChI=1S/C14H19NO3/c1-3-11-5-4-6-12(7-11)8-13(16)15-9-10(2)14(17)18/h4-7,10H,3,8-9H2,1-2H3,(H,15,16)(H,17,18). The van der Waals surface area contributed by atoms with Crippen molar-refractivity contribution in [1.82, 2.24) is 5.32 Å². The van der Waals surface area contributed by atoms with Gasteiger partial charge in [-0.1, -0.05) is 38.1 Å². The fourth-order valence-corrected chi connectivity index (χ4v) is 1.56. The van der Waals surface area contributed by atoms with E-state index >= 15 is 0 Å². The molecule has 0 aliphatic carbocycles. The fourth-order valence-electron chi connectivity index (χ4n) is 1.56. The second-order valence-electron chi connectivity index (χ2n) is 4.39. The number of nitrogens with one attached hydrogen (secondary N) is 1. The summed E-state index contributed by atoms with van der Waals surface area (Å²) in [7, 11) is 0. The van der Waals surface area contributed by atoms with Gasteiger partial charge in [0.2, 0.25) is 5.91 Å². The van der Waals surface area contributed by atoms with E-state index in [1.807, 2.05) is 24.3 Å². The Bertz CT molecular complexity index is 429. The topological polar surface area (TPSA) is 66.4 Å². The molecule has 4 heteroatoms. The third-order valence-corrected chi connectivity index (χ3v) is 2.79. The lowest BCUT2D eigenvalue weighted by Gasteiger charge is -2.09. The molecule has 0 saturated carbocycles. The van der Waals surface area contributed by atoms with E-state index in [9.17, 15) is 9.59 Å². The first-order valence-corrected chi connectivity index (χ1v) is 6.10. The molecule has 1 aromatic carbocycles. The van der Waals surface area contributed by atoms with Crippen molar-refractivity contribution in [2.24, 2.45) is 5.92 Å². The summed E-state index contributed by atoms with van der Waals surface area (Å²) in [6.45, 7) is 3.80. The van der Waals surface area contributed by atoms with Crippen LogP contribution in [-0.2, 0) is 22.4 Å². The van der Waals surface area contributed by atoms with Gasteiger partial charge in [0.1, 0.15) is 0 Å². The van der Waals surface area contributed by atoms with Crippen molar-refractivity contribution in [3.63, 3.8) is 0 Å². The maximum Gasteiger partial charge on any atom is 0.308 e. The molecule has 2 N–H and O–H groups in total. The average molecular weight is 249 g/mol. The van der Waals surface area contributed by atoms with E-state index in [2.05, 4.69) is 12.2 Å². The zero-order valence-electron chi connectivity index (χ0n) is 10.8. The molecular weight excluding hydrogens is 230 g/mol. The molecule has 18 heavy (non-hydrogen) atoms. The number of carboxylic acids is 1. The molecule has 0 aromatic heterocycles. The van der Waals surface area contributed by atoms with E-state index in [1.54, 1.807) is 6.92 Å². The zero-order valence-corrected chi connectivity index (χ0v) is 10.8. The first-order chi connectivity index (χ1) is 8.52. The number of benzene rings is 1. The number of hydrogen-bond donors (Lipinski definition) is 2. The summed E-state index contributed by atoms with van der Waals surface area (Å²) in [6.07, 6.45) is 1.23. The van der Waals surface area contributed by atoms with Gasteiger partial charge in [0.25, 0.3) is 0 Å². The molecule has 0 radical (unpaired) electrons. The van der Waals surface area contributed by atoms with Crippen LogP contribution in [0.4, 0.5) is 0 Å². The van der Waals surface area contributed by atoms with Crippen molar-refractivity contribution in [3.05, 3.63) is 35.4 Å². The molecule has 1 atom stereocenters. The number of amides is 1. The van der Waals surface area contributed by atoms with Crippen LogP contribution in [0.15, 0.2) is 24.3 Å². The predicted molar refractivity (Wildman–Crippen MR) is 69.3 cm³/mol. The van der Waals surface area contributed by atoms with Crippen molar-refractivity contribution in [2.45, 2.75) is 26.7 Å². The molecule has 0 heterocycles. The van der Waals surface area contributed by atoms with Crippen molar-refractivity contribution in [2.75, 3.05) is 6.54 Å². The highest BCUT2D eigenvalue weighted by molar-refractivity contribution is 5.79. The lowest BCUT2D eigenvalue weighted by atomic mass is 10.1. The summed E-state index contributed by atoms with van der Waals surface area (Å²) in [5.41, 5.74) is 2.15. The van der Waals surface area contributed by atoms with Gasteiger partial charge >= 0.3 is 5.97 Å². The summed E-state index contributed by atoms with van der Waals surface area (Å²) in [6, 6.07) is 7.86. The van der Waals surface area contributed by atoms with Crippen LogP contribution in [0.2, 0.25) is 0 Å². The van der Waals surface area contributed by atoms with Crippen molar-refractivity contribution < 1.29 is 14.7 Å². The van der Waals surface area contributed by atoms with Gasteiger partial charge < -0.3 is 10.4 Å². The third-order valence-electron chi connectivity index (χ3n) is 2.79. The van der Waals surface area contributed by atoms with Gasteiger partial charge in [-0.2, -0.15) is 0 Å². The largest absolute Gasteiger partial charge is 0.481 e. The van der Waals surface area contributed by atoms with E-state index in [0.717, 1.165) is 12.0 Å². The van der Waals surface area contributed by atoms with Crippen LogP contribution in [0.25, 0.3) is 0 Å². The third kappa shape index (κ3) is 4.57. The first-order valence-electron chi connectivity index (χ1n) is 6.10. The lowest BCUT2D eigenvalue weighted by Crippen LogP contribution is -2.32. The minimum Gasteiger partial charge on any atom is -0.481 e. The molecule has 1 aromatic rings. The Morgan fingerprint density at radius 2 is 2.00 bits per heavy atom. The molecule has 1 rings (SSSR count). The highest BCUT2D eigenvalue weighted by atomic mass is 16.4. The Labute approximate surface area is 107 Å². The van der Waals surface area contributed by atoms with Gasteiger partial charge in [-0.25, -0.2) is 0 Å². The number of carbonyl (C=O) groups is 2. The number of aryl methyl sites for hydroxylation is 1. The van der Waals surface area contributed by atoms with Crippen molar-refractivity contribution >= 4 is 11.9 Å². The van der Waals surface area contributed by atoms with E-state index in [1.165, 1.54) is 5.56 Å². The normalized spacial score (nSPS) is 11.9. The minimum absolute atomic E-state index is 0.142. The van der Waals surface area contributed by atoms with Gasteiger partial charge in [0.05, 0.1) is 12.3 Å². The number of hydrogen-bond acceptors (Lipinski definition) is 2.